The first-order valence-electron chi connectivity index (χ1n) is 11.3. The molecule has 1 aromatic carbocycles. The molecule has 0 N–H and O–H groups in total. The second-order valence-electron chi connectivity index (χ2n) is 9.17. The number of hydrogen-bond acceptors (Lipinski definition) is 5. The molecule has 4 rings (SSSR count). The molecule has 2 aliphatic heterocycles. The average molecular weight is 450 g/mol. The minimum absolute atomic E-state index is 0.0208. The van der Waals surface area contributed by atoms with E-state index in [-0.39, 0.29) is 35.5 Å². The van der Waals surface area contributed by atoms with Crippen molar-refractivity contribution in [3.8, 4) is 0 Å². The van der Waals surface area contributed by atoms with Gasteiger partial charge >= 0.3 is 0 Å². The van der Waals surface area contributed by atoms with Crippen LogP contribution in [0.15, 0.2) is 23.1 Å². The van der Waals surface area contributed by atoms with Crippen molar-refractivity contribution >= 4 is 21.6 Å². The van der Waals surface area contributed by atoms with Gasteiger partial charge in [-0.25, -0.2) is 8.42 Å². The second kappa shape index (κ2) is 8.86. The quantitative estimate of drug-likeness (QED) is 0.517. The summed E-state index contributed by atoms with van der Waals surface area (Å²) in [5, 5.41) is 11.1. The molecule has 2 saturated heterocycles. The monoisotopic (exact) mass is 449 g/mol. The van der Waals surface area contributed by atoms with Crippen LogP contribution in [-0.2, 0) is 14.8 Å². The number of nitrogens with zero attached hydrogens (tertiary/aromatic N) is 3. The molecule has 0 spiro atoms. The molecule has 2 unspecified atom stereocenters. The van der Waals surface area contributed by atoms with Crippen molar-refractivity contribution in [1.82, 2.24) is 9.21 Å². The second-order valence-corrected chi connectivity index (χ2v) is 11.1. The lowest BCUT2D eigenvalue weighted by Gasteiger charge is -2.46. The molecule has 1 aromatic rings. The number of carbonyl (C=O) groups excluding carboxylic acids is 1. The van der Waals surface area contributed by atoms with Gasteiger partial charge in [0.25, 0.3) is 5.69 Å². The highest BCUT2D eigenvalue weighted by atomic mass is 32.2. The maximum Gasteiger partial charge on any atom is 0.270 e. The molecule has 1 aliphatic carbocycles. The van der Waals surface area contributed by atoms with E-state index in [2.05, 4.69) is 4.90 Å². The van der Waals surface area contributed by atoms with Crippen LogP contribution in [0.25, 0.3) is 0 Å². The summed E-state index contributed by atoms with van der Waals surface area (Å²) in [4.78, 5) is 25.9. The van der Waals surface area contributed by atoms with Gasteiger partial charge in [0.15, 0.2) is 0 Å². The number of rotatable bonds is 4. The van der Waals surface area contributed by atoms with Crippen LogP contribution in [0.5, 0.6) is 0 Å². The first-order valence-corrected chi connectivity index (χ1v) is 12.8. The summed E-state index contributed by atoms with van der Waals surface area (Å²) in [6.07, 6.45) is 8.03. The molecule has 0 aromatic heterocycles. The third-order valence-corrected chi connectivity index (χ3v) is 9.37. The van der Waals surface area contributed by atoms with Crippen molar-refractivity contribution in [3.05, 3.63) is 33.9 Å². The fourth-order valence-corrected chi connectivity index (χ4v) is 7.31. The molecule has 3 fully saturated rings. The molecule has 170 valence electrons. The molecule has 8 nitrogen and oxygen atoms in total. The normalized spacial score (nSPS) is 25.8. The molecule has 2 heterocycles. The topological polar surface area (TPSA) is 101 Å². The molecular weight excluding hydrogens is 418 g/mol. The van der Waals surface area contributed by atoms with E-state index in [4.69, 9.17) is 0 Å². The van der Waals surface area contributed by atoms with E-state index in [0.717, 1.165) is 25.5 Å². The predicted octanol–water partition coefficient (Wildman–Crippen LogP) is 3.49. The minimum atomic E-state index is -3.84. The summed E-state index contributed by atoms with van der Waals surface area (Å²) in [5.74, 6) is 0.683. The molecule has 0 bridgehead atoms. The highest BCUT2D eigenvalue weighted by molar-refractivity contribution is 7.89. The standard InChI is InChI=1S/C22H31N3O5S/c1-16-8-9-19(25(27)28)15-21(16)31(29,30)23-13-10-18(11-14-23)22(26)24-12-4-6-17-5-2-3-7-20(17)24/h8-9,15,17-18,20H,2-7,10-14H2,1H3. The van der Waals surface area contributed by atoms with Gasteiger partial charge in [0.1, 0.15) is 0 Å². The van der Waals surface area contributed by atoms with Crippen molar-refractivity contribution < 1.29 is 18.1 Å². The molecule has 9 heteroatoms. The van der Waals surface area contributed by atoms with Gasteiger partial charge in [0.2, 0.25) is 15.9 Å². The van der Waals surface area contributed by atoms with Crippen LogP contribution < -0.4 is 0 Å². The summed E-state index contributed by atoms with van der Waals surface area (Å²) in [5.41, 5.74) is 0.252. The van der Waals surface area contributed by atoms with Crippen LogP contribution in [0.3, 0.4) is 0 Å². The Kier molecular flexibility index (Phi) is 6.35. The van der Waals surface area contributed by atoms with E-state index in [1.165, 1.54) is 42.1 Å². The highest BCUT2D eigenvalue weighted by Gasteiger charge is 2.40. The number of non-ortho nitro benzene ring substituents is 1. The number of benzene rings is 1. The Balaban J connectivity index is 1.44. The van der Waals surface area contributed by atoms with E-state index in [9.17, 15) is 23.3 Å². The summed E-state index contributed by atoms with van der Waals surface area (Å²) in [6, 6.07) is 4.29. The number of nitro benzene ring substituents is 1. The van der Waals surface area contributed by atoms with E-state index in [1.807, 2.05) is 0 Å². The lowest BCUT2D eigenvalue weighted by atomic mass is 9.77. The van der Waals surface area contributed by atoms with Crippen LogP contribution in [0.1, 0.15) is 56.9 Å². The highest BCUT2D eigenvalue weighted by Crippen LogP contribution is 2.37. The number of amides is 1. The van der Waals surface area contributed by atoms with Crippen molar-refractivity contribution in [2.45, 2.75) is 69.2 Å². The Morgan fingerprint density at radius 2 is 1.71 bits per heavy atom. The zero-order valence-electron chi connectivity index (χ0n) is 18.0. The first-order chi connectivity index (χ1) is 14.8. The maximum atomic E-state index is 13.3. The summed E-state index contributed by atoms with van der Waals surface area (Å²) in [6.45, 7) is 3.00. The number of piperidine rings is 2. The smallest absolute Gasteiger partial charge is 0.270 e. The lowest BCUT2D eigenvalue weighted by molar-refractivity contribution is -0.385. The summed E-state index contributed by atoms with van der Waals surface area (Å²) in [7, 11) is -3.84. The fourth-order valence-electron chi connectivity index (χ4n) is 5.60. The third kappa shape index (κ3) is 4.35. The molecule has 1 amide bonds. The van der Waals surface area contributed by atoms with Crippen LogP contribution >= 0.6 is 0 Å². The van der Waals surface area contributed by atoms with Crippen LogP contribution in [0, 0.1) is 28.9 Å². The van der Waals surface area contributed by atoms with Crippen LogP contribution in [0.2, 0.25) is 0 Å². The Hall–Kier alpha value is -2.00. The van der Waals surface area contributed by atoms with Gasteiger partial charge in [-0.05, 0) is 56.9 Å². The molecule has 2 atom stereocenters. The zero-order valence-corrected chi connectivity index (χ0v) is 18.8. The van der Waals surface area contributed by atoms with Gasteiger partial charge < -0.3 is 4.90 Å². The van der Waals surface area contributed by atoms with Gasteiger partial charge in [-0.1, -0.05) is 18.9 Å². The largest absolute Gasteiger partial charge is 0.339 e. The third-order valence-electron chi connectivity index (χ3n) is 7.33. The van der Waals surface area contributed by atoms with E-state index >= 15 is 0 Å². The maximum absolute atomic E-state index is 13.3. The molecular formula is C22H31N3O5S. The zero-order chi connectivity index (χ0) is 22.2. The van der Waals surface area contributed by atoms with Crippen molar-refractivity contribution in [3.63, 3.8) is 0 Å². The van der Waals surface area contributed by atoms with E-state index in [0.29, 0.717) is 30.4 Å². The molecule has 3 aliphatic rings. The molecule has 31 heavy (non-hydrogen) atoms. The Bertz CT molecular complexity index is 954. The molecule has 1 saturated carbocycles. The Morgan fingerprint density at radius 3 is 2.42 bits per heavy atom. The number of fused-ring (bicyclic) bond motifs is 1. The summed E-state index contributed by atoms with van der Waals surface area (Å²) < 4.78 is 27.7. The number of nitro groups is 1. The number of aryl methyl sites for hydroxylation is 1. The number of carbonyl (C=O) groups is 1. The van der Waals surface area contributed by atoms with E-state index in [1.54, 1.807) is 6.92 Å². The van der Waals surface area contributed by atoms with Gasteiger partial charge in [0, 0.05) is 43.7 Å². The average Bonchev–Trinajstić information content (AvgIpc) is 2.78. The number of hydrogen-bond donors (Lipinski definition) is 0. The van der Waals surface area contributed by atoms with Crippen molar-refractivity contribution in [2.75, 3.05) is 19.6 Å². The van der Waals surface area contributed by atoms with Crippen LogP contribution in [0.4, 0.5) is 5.69 Å². The van der Waals surface area contributed by atoms with Gasteiger partial charge in [-0.2, -0.15) is 4.31 Å². The SMILES string of the molecule is Cc1ccc([N+](=O)[O-])cc1S(=O)(=O)N1CCC(C(=O)N2CCCC3CCCCC32)CC1. The fraction of sp³-hybridized carbons (Fsp3) is 0.682. The lowest BCUT2D eigenvalue weighted by Crippen LogP contribution is -2.53. The van der Waals surface area contributed by atoms with Gasteiger partial charge in [0.05, 0.1) is 9.82 Å². The van der Waals surface area contributed by atoms with E-state index < -0.39 is 14.9 Å². The Labute approximate surface area is 183 Å². The summed E-state index contributed by atoms with van der Waals surface area (Å²) >= 11 is 0. The minimum Gasteiger partial charge on any atom is -0.339 e. The van der Waals surface area contributed by atoms with Crippen molar-refractivity contribution in [1.29, 1.82) is 0 Å². The Morgan fingerprint density at radius 1 is 1.03 bits per heavy atom. The molecule has 0 radical (unpaired) electrons. The number of likely N-dealkylation sites (tertiary alicyclic amines) is 1. The number of sulfonamides is 1. The van der Waals surface area contributed by atoms with Crippen LogP contribution in [-0.4, -0.2) is 54.1 Å². The van der Waals surface area contributed by atoms with Crippen molar-refractivity contribution in [2.24, 2.45) is 11.8 Å². The predicted molar refractivity (Wildman–Crippen MR) is 116 cm³/mol. The van der Waals surface area contributed by atoms with Gasteiger partial charge in [-0.3, -0.25) is 14.9 Å². The first kappa shape index (κ1) is 22.2. The van der Waals surface area contributed by atoms with Gasteiger partial charge in [-0.15, -0.1) is 0 Å².